The average molecular weight is 495 g/mol. The number of pyridine rings is 3. The van der Waals surface area contributed by atoms with Gasteiger partial charge in [0.25, 0.3) is 0 Å². The summed E-state index contributed by atoms with van der Waals surface area (Å²) in [6.07, 6.45) is 8.69. The van der Waals surface area contributed by atoms with Gasteiger partial charge < -0.3 is 10.3 Å². The number of thiophene rings is 1. The molecule has 6 aromatic rings. The first-order valence-electron chi connectivity index (χ1n) is 11.3. The van der Waals surface area contributed by atoms with Crippen molar-refractivity contribution >= 4 is 44.9 Å². The zero-order chi connectivity index (χ0) is 24.9. The topological polar surface area (TPSA) is 125 Å². The maximum Gasteiger partial charge on any atom is 0.229 e. The number of aromatic amines is 2. The van der Waals surface area contributed by atoms with Crippen LogP contribution in [-0.2, 0) is 4.79 Å². The number of carbonyl (C=O) groups is 1. The van der Waals surface area contributed by atoms with Gasteiger partial charge in [0.2, 0.25) is 5.91 Å². The minimum atomic E-state index is -0.510. The van der Waals surface area contributed by atoms with Crippen LogP contribution in [0.5, 0.6) is 0 Å². The highest BCUT2D eigenvalue weighted by atomic mass is 32.1. The SMILES string of the molecule is CC(C)(C)C(=O)Nc1cncc(-c2cc3c(-c4nc5c(-c6ccsc6)cncc5[nH]4)n[nH]c3cn2)c1. The Kier molecular flexibility index (Phi) is 5.11. The fourth-order valence-electron chi connectivity index (χ4n) is 3.90. The lowest BCUT2D eigenvalue weighted by Crippen LogP contribution is -2.27. The third-order valence-electron chi connectivity index (χ3n) is 5.87. The molecule has 3 N–H and O–H groups in total. The summed E-state index contributed by atoms with van der Waals surface area (Å²) in [5.74, 6) is 0.561. The molecule has 6 aromatic heterocycles. The van der Waals surface area contributed by atoms with Gasteiger partial charge in [0.15, 0.2) is 5.82 Å². The van der Waals surface area contributed by atoms with E-state index in [4.69, 9.17) is 4.98 Å². The third-order valence-corrected chi connectivity index (χ3v) is 6.55. The molecular weight excluding hydrogens is 472 g/mol. The Morgan fingerprint density at radius 1 is 1.00 bits per heavy atom. The van der Waals surface area contributed by atoms with Crippen LogP contribution in [0.1, 0.15) is 20.8 Å². The van der Waals surface area contributed by atoms with E-state index in [1.807, 2.05) is 44.5 Å². The van der Waals surface area contributed by atoms with E-state index in [-0.39, 0.29) is 5.91 Å². The molecular formula is C26H22N8OS. The molecule has 0 atom stereocenters. The number of aromatic nitrogens is 7. The van der Waals surface area contributed by atoms with Gasteiger partial charge in [0.1, 0.15) is 11.2 Å². The third kappa shape index (κ3) is 3.91. The largest absolute Gasteiger partial charge is 0.335 e. The van der Waals surface area contributed by atoms with Crippen LogP contribution in [0.2, 0.25) is 0 Å². The molecule has 0 radical (unpaired) electrons. The Morgan fingerprint density at radius 3 is 2.67 bits per heavy atom. The van der Waals surface area contributed by atoms with E-state index in [0.29, 0.717) is 22.9 Å². The van der Waals surface area contributed by atoms with Crippen LogP contribution in [0.3, 0.4) is 0 Å². The van der Waals surface area contributed by atoms with Crippen molar-refractivity contribution in [1.29, 1.82) is 0 Å². The zero-order valence-electron chi connectivity index (χ0n) is 19.8. The van der Waals surface area contributed by atoms with Gasteiger partial charge >= 0.3 is 0 Å². The summed E-state index contributed by atoms with van der Waals surface area (Å²) in [5.41, 5.74) is 6.81. The molecule has 0 aliphatic carbocycles. The molecule has 0 aromatic carbocycles. The fourth-order valence-corrected chi connectivity index (χ4v) is 4.55. The standard InChI is InChI=1S/C26H22N8OS/c1-26(2,3)25(35)30-16-6-15(8-27-9-16)19-7-17-20(12-29-19)33-34-23(17)24-31-21-11-28-10-18(22(21)32-24)14-4-5-36-13-14/h4-13H,1-3H3,(H,30,35)(H,31,32)(H,33,34). The number of nitrogens with one attached hydrogen (secondary N) is 3. The molecule has 0 saturated carbocycles. The molecule has 9 nitrogen and oxygen atoms in total. The summed E-state index contributed by atoms with van der Waals surface area (Å²) in [7, 11) is 0. The monoisotopic (exact) mass is 494 g/mol. The van der Waals surface area contributed by atoms with Crippen molar-refractivity contribution in [1.82, 2.24) is 35.1 Å². The number of hydrogen-bond acceptors (Lipinski definition) is 7. The number of hydrogen-bond donors (Lipinski definition) is 3. The van der Waals surface area contributed by atoms with E-state index in [1.165, 1.54) is 0 Å². The molecule has 0 bridgehead atoms. The van der Waals surface area contributed by atoms with E-state index in [0.717, 1.165) is 38.6 Å². The van der Waals surface area contributed by atoms with Gasteiger partial charge in [-0.1, -0.05) is 20.8 Å². The van der Waals surface area contributed by atoms with Crippen LogP contribution in [-0.4, -0.2) is 41.0 Å². The lowest BCUT2D eigenvalue weighted by atomic mass is 9.95. The molecule has 0 unspecified atom stereocenters. The number of amides is 1. The van der Waals surface area contributed by atoms with Crippen molar-refractivity contribution in [2.45, 2.75) is 20.8 Å². The van der Waals surface area contributed by atoms with Gasteiger partial charge in [-0.3, -0.25) is 24.8 Å². The summed E-state index contributed by atoms with van der Waals surface area (Å²) in [4.78, 5) is 33.9. The molecule has 1 amide bonds. The predicted octanol–water partition coefficient (Wildman–Crippen LogP) is 5.67. The van der Waals surface area contributed by atoms with Gasteiger partial charge in [-0.25, -0.2) is 4.98 Å². The molecule has 0 spiro atoms. The lowest BCUT2D eigenvalue weighted by Gasteiger charge is -2.17. The summed E-state index contributed by atoms with van der Waals surface area (Å²) in [6.45, 7) is 5.60. The fraction of sp³-hybridized carbons (Fsp3) is 0.154. The first-order chi connectivity index (χ1) is 17.4. The van der Waals surface area contributed by atoms with E-state index >= 15 is 0 Å². The highest BCUT2D eigenvalue weighted by molar-refractivity contribution is 7.08. The van der Waals surface area contributed by atoms with Crippen molar-refractivity contribution in [3.8, 4) is 33.9 Å². The second kappa shape index (κ2) is 8.35. The number of rotatable bonds is 4. The number of anilines is 1. The zero-order valence-corrected chi connectivity index (χ0v) is 20.6. The van der Waals surface area contributed by atoms with E-state index in [2.05, 4.69) is 46.9 Å². The summed E-state index contributed by atoms with van der Waals surface area (Å²) in [5, 5.41) is 15.5. The van der Waals surface area contributed by atoms with Crippen molar-refractivity contribution in [3.05, 3.63) is 59.9 Å². The molecule has 0 saturated heterocycles. The predicted molar refractivity (Wildman–Crippen MR) is 141 cm³/mol. The Bertz CT molecular complexity index is 1730. The van der Waals surface area contributed by atoms with Gasteiger partial charge in [-0.2, -0.15) is 16.4 Å². The van der Waals surface area contributed by atoms with E-state index in [1.54, 1.807) is 36.1 Å². The maximum atomic E-state index is 12.4. The second-order valence-electron chi connectivity index (χ2n) is 9.53. The average Bonchev–Trinajstić information content (AvgIpc) is 3.62. The van der Waals surface area contributed by atoms with Crippen molar-refractivity contribution < 1.29 is 4.79 Å². The summed E-state index contributed by atoms with van der Waals surface area (Å²) >= 11 is 1.64. The highest BCUT2D eigenvalue weighted by Crippen LogP contribution is 2.33. The molecule has 10 heteroatoms. The molecule has 0 aliphatic rings. The first kappa shape index (κ1) is 22.1. The molecule has 178 valence electrons. The quantitative estimate of drug-likeness (QED) is 0.290. The van der Waals surface area contributed by atoms with Crippen molar-refractivity contribution in [2.24, 2.45) is 5.41 Å². The number of carbonyl (C=O) groups excluding carboxylic acids is 1. The Hall–Kier alpha value is -4.44. The lowest BCUT2D eigenvalue weighted by molar-refractivity contribution is -0.123. The summed E-state index contributed by atoms with van der Waals surface area (Å²) in [6, 6.07) is 5.87. The highest BCUT2D eigenvalue weighted by Gasteiger charge is 2.21. The number of nitrogens with zero attached hydrogens (tertiary/aromatic N) is 5. The van der Waals surface area contributed by atoms with E-state index < -0.39 is 5.41 Å². The maximum absolute atomic E-state index is 12.4. The van der Waals surface area contributed by atoms with Crippen LogP contribution in [0.4, 0.5) is 5.69 Å². The van der Waals surface area contributed by atoms with E-state index in [9.17, 15) is 4.79 Å². The number of imidazole rings is 1. The molecule has 36 heavy (non-hydrogen) atoms. The van der Waals surface area contributed by atoms with Crippen molar-refractivity contribution in [3.63, 3.8) is 0 Å². The Morgan fingerprint density at radius 2 is 1.86 bits per heavy atom. The minimum Gasteiger partial charge on any atom is -0.335 e. The smallest absolute Gasteiger partial charge is 0.229 e. The molecule has 6 rings (SSSR count). The minimum absolute atomic E-state index is 0.0804. The van der Waals surface area contributed by atoms with Crippen LogP contribution in [0, 0.1) is 5.41 Å². The molecule has 0 aliphatic heterocycles. The van der Waals surface area contributed by atoms with Gasteiger partial charge in [0, 0.05) is 34.3 Å². The van der Waals surface area contributed by atoms with Gasteiger partial charge in [-0.05, 0) is 34.5 Å². The Balaban J connectivity index is 1.40. The van der Waals surface area contributed by atoms with Crippen LogP contribution >= 0.6 is 11.3 Å². The van der Waals surface area contributed by atoms with Crippen molar-refractivity contribution in [2.75, 3.05) is 5.32 Å². The molecule has 0 fully saturated rings. The van der Waals surface area contributed by atoms with Gasteiger partial charge in [-0.15, -0.1) is 0 Å². The Labute approximate surface area is 210 Å². The van der Waals surface area contributed by atoms with Crippen LogP contribution in [0.25, 0.3) is 55.8 Å². The number of H-pyrrole nitrogens is 2. The first-order valence-corrected chi connectivity index (χ1v) is 12.3. The molecule has 6 heterocycles. The van der Waals surface area contributed by atoms with Crippen LogP contribution in [0.15, 0.2) is 59.9 Å². The normalized spacial score (nSPS) is 11.9. The van der Waals surface area contributed by atoms with Gasteiger partial charge in [0.05, 0.1) is 41.0 Å². The number of fused-ring (bicyclic) bond motifs is 2. The summed E-state index contributed by atoms with van der Waals surface area (Å²) < 4.78 is 0. The van der Waals surface area contributed by atoms with Crippen LogP contribution < -0.4 is 5.32 Å². The second-order valence-corrected chi connectivity index (χ2v) is 10.3.